The van der Waals surface area contributed by atoms with Gasteiger partial charge in [0.05, 0.1) is 23.4 Å². The molecule has 1 atom stereocenters. The maximum absolute atomic E-state index is 12.7. The molecule has 2 amide bonds. The highest BCUT2D eigenvalue weighted by atomic mass is 35.5. The molecule has 3 aromatic carbocycles. The van der Waals surface area contributed by atoms with Crippen LogP contribution in [0.5, 0.6) is 0 Å². The van der Waals surface area contributed by atoms with E-state index in [0.717, 1.165) is 12.0 Å². The Labute approximate surface area is 207 Å². The summed E-state index contributed by atoms with van der Waals surface area (Å²) in [6, 6.07) is 22.0. The summed E-state index contributed by atoms with van der Waals surface area (Å²) < 4.78 is 4.72. The fraction of sp³-hybridized carbons (Fsp3) is 0.192. The number of anilines is 1. The molecule has 4 rings (SSSR count). The van der Waals surface area contributed by atoms with E-state index in [2.05, 4.69) is 17.4 Å². The van der Waals surface area contributed by atoms with Crippen LogP contribution in [0.15, 0.2) is 72.8 Å². The minimum absolute atomic E-state index is 0.0767. The molecule has 0 aliphatic carbocycles. The molecule has 6 nitrogen and oxygen atoms in total. The highest BCUT2D eigenvalue weighted by Crippen LogP contribution is 2.38. The Morgan fingerprint density at radius 1 is 1.09 bits per heavy atom. The molecule has 1 aliphatic heterocycles. The topological polar surface area (TPSA) is 75.7 Å². The second kappa shape index (κ2) is 10.8. The molecule has 1 saturated heterocycles. The van der Waals surface area contributed by atoms with Crippen molar-refractivity contribution in [1.29, 1.82) is 0 Å². The molecule has 0 saturated carbocycles. The van der Waals surface area contributed by atoms with Gasteiger partial charge in [0, 0.05) is 17.8 Å². The molecule has 34 heavy (non-hydrogen) atoms. The molecule has 0 spiro atoms. The van der Waals surface area contributed by atoms with Crippen LogP contribution in [-0.2, 0) is 16.0 Å². The number of hydrogen-bond acceptors (Lipinski definition) is 5. The number of hydrogen-bond donors (Lipinski definition) is 1. The Morgan fingerprint density at radius 2 is 1.82 bits per heavy atom. The van der Waals surface area contributed by atoms with Gasteiger partial charge in [0.2, 0.25) is 5.91 Å². The van der Waals surface area contributed by atoms with E-state index < -0.39 is 5.97 Å². The fourth-order valence-corrected chi connectivity index (χ4v) is 5.15. The zero-order valence-corrected chi connectivity index (χ0v) is 20.1. The van der Waals surface area contributed by atoms with Crippen LogP contribution in [0, 0.1) is 0 Å². The standard InChI is InChI=1S/C26H23ClN2O4S/c1-33-26(32)21-15-20(11-12-22(21)27)28-24(31)18-7-9-19(10-8-18)25-29(23(30)16-34-25)14-13-17-5-3-2-4-6-17/h2-12,15,25H,13-14,16H2,1H3,(H,28,31)/t25-/m1/s1. The zero-order chi connectivity index (χ0) is 24.1. The van der Waals surface area contributed by atoms with Crippen molar-refractivity contribution in [2.24, 2.45) is 0 Å². The van der Waals surface area contributed by atoms with E-state index in [-0.39, 0.29) is 27.8 Å². The number of halogens is 1. The molecule has 0 unspecified atom stereocenters. The lowest BCUT2D eigenvalue weighted by Crippen LogP contribution is -2.30. The normalized spacial score (nSPS) is 15.3. The molecule has 8 heteroatoms. The second-order valence-corrected chi connectivity index (χ2v) is 9.22. The SMILES string of the molecule is COC(=O)c1cc(NC(=O)c2ccc([C@H]3SCC(=O)N3CCc3ccccc3)cc2)ccc1Cl. The van der Waals surface area contributed by atoms with Crippen LogP contribution >= 0.6 is 23.4 Å². The summed E-state index contributed by atoms with van der Waals surface area (Å²) in [5.74, 6) is -0.329. The van der Waals surface area contributed by atoms with Gasteiger partial charge >= 0.3 is 5.97 Å². The molecule has 174 valence electrons. The lowest BCUT2D eigenvalue weighted by Gasteiger charge is -2.24. The lowest BCUT2D eigenvalue weighted by atomic mass is 10.1. The van der Waals surface area contributed by atoms with E-state index in [0.29, 0.717) is 23.5 Å². The largest absolute Gasteiger partial charge is 0.465 e. The van der Waals surface area contributed by atoms with Crippen molar-refractivity contribution in [3.8, 4) is 0 Å². The number of nitrogens with one attached hydrogen (secondary N) is 1. The fourth-order valence-electron chi connectivity index (χ4n) is 3.74. The van der Waals surface area contributed by atoms with Crippen molar-refractivity contribution >= 4 is 46.8 Å². The number of thioether (sulfide) groups is 1. The van der Waals surface area contributed by atoms with E-state index in [1.807, 2.05) is 35.2 Å². The van der Waals surface area contributed by atoms with Gasteiger partial charge in [-0.2, -0.15) is 0 Å². The van der Waals surface area contributed by atoms with E-state index in [1.54, 1.807) is 30.0 Å². The first-order valence-corrected chi connectivity index (χ1v) is 12.1. The third-order valence-electron chi connectivity index (χ3n) is 5.54. The van der Waals surface area contributed by atoms with Crippen LogP contribution in [0.1, 0.15) is 37.2 Å². The molecule has 1 aliphatic rings. The highest BCUT2D eigenvalue weighted by molar-refractivity contribution is 8.00. The first kappa shape index (κ1) is 23.9. The van der Waals surface area contributed by atoms with Crippen molar-refractivity contribution in [3.63, 3.8) is 0 Å². The number of benzene rings is 3. The zero-order valence-electron chi connectivity index (χ0n) is 18.5. The van der Waals surface area contributed by atoms with Crippen molar-refractivity contribution in [2.45, 2.75) is 11.8 Å². The Bertz CT molecular complexity index is 1200. The number of ether oxygens (including phenoxy) is 1. The van der Waals surface area contributed by atoms with Crippen molar-refractivity contribution in [1.82, 2.24) is 4.90 Å². The molecular formula is C26H23ClN2O4S. The van der Waals surface area contributed by atoms with Crippen LogP contribution in [0.4, 0.5) is 5.69 Å². The molecule has 1 N–H and O–H groups in total. The van der Waals surface area contributed by atoms with E-state index in [1.165, 1.54) is 24.8 Å². The summed E-state index contributed by atoms with van der Waals surface area (Å²) >= 11 is 7.63. The van der Waals surface area contributed by atoms with Gasteiger partial charge < -0.3 is 15.0 Å². The smallest absolute Gasteiger partial charge is 0.339 e. The van der Waals surface area contributed by atoms with Gasteiger partial charge in [0.15, 0.2) is 0 Å². The number of carbonyl (C=O) groups is 3. The molecule has 1 fully saturated rings. The number of rotatable bonds is 7. The predicted octanol–water partition coefficient (Wildman–Crippen LogP) is 5.20. The second-order valence-electron chi connectivity index (χ2n) is 7.75. The number of carbonyl (C=O) groups excluding carboxylic acids is 3. The summed E-state index contributed by atoms with van der Waals surface area (Å²) in [4.78, 5) is 38.9. The third kappa shape index (κ3) is 5.43. The van der Waals surface area contributed by atoms with Crippen molar-refractivity contribution in [2.75, 3.05) is 24.7 Å². The Hall–Kier alpha value is -3.29. The summed E-state index contributed by atoms with van der Waals surface area (Å²) in [6.45, 7) is 0.641. The maximum Gasteiger partial charge on any atom is 0.339 e. The molecular weight excluding hydrogens is 472 g/mol. The molecule has 0 bridgehead atoms. The van der Waals surface area contributed by atoms with Gasteiger partial charge in [-0.05, 0) is 47.9 Å². The third-order valence-corrected chi connectivity index (χ3v) is 7.13. The van der Waals surface area contributed by atoms with Gasteiger partial charge in [-0.1, -0.05) is 54.1 Å². The predicted molar refractivity (Wildman–Crippen MR) is 134 cm³/mol. The number of amides is 2. The first-order valence-electron chi connectivity index (χ1n) is 10.7. The van der Waals surface area contributed by atoms with Gasteiger partial charge in [-0.3, -0.25) is 9.59 Å². The summed E-state index contributed by atoms with van der Waals surface area (Å²) in [5.41, 5.74) is 3.23. The Balaban J connectivity index is 1.43. The van der Waals surface area contributed by atoms with Crippen molar-refractivity contribution < 1.29 is 19.1 Å². The van der Waals surface area contributed by atoms with Crippen LogP contribution in [0.25, 0.3) is 0 Å². The van der Waals surface area contributed by atoms with Gasteiger partial charge in [0.1, 0.15) is 5.37 Å². The molecule has 1 heterocycles. The van der Waals surface area contributed by atoms with Crippen molar-refractivity contribution in [3.05, 3.63) is 100 Å². The van der Waals surface area contributed by atoms with E-state index >= 15 is 0 Å². The average Bonchev–Trinajstić information content (AvgIpc) is 3.24. The minimum Gasteiger partial charge on any atom is -0.465 e. The van der Waals surface area contributed by atoms with Crippen LogP contribution < -0.4 is 5.32 Å². The number of esters is 1. The summed E-state index contributed by atoms with van der Waals surface area (Å²) in [6.07, 6.45) is 0.790. The quantitative estimate of drug-likeness (QED) is 0.457. The Kier molecular flexibility index (Phi) is 7.55. The molecule has 0 radical (unpaired) electrons. The maximum atomic E-state index is 12.7. The van der Waals surface area contributed by atoms with Crippen LogP contribution in [-0.4, -0.2) is 42.1 Å². The first-order chi connectivity index (χ1) is 16.5. The monoisotopic (exact) mass is 494 g/mol. The van der Waals surface area contributed by atoms with Crippen LogP contribution in [0.3, 0.4) is 0 Å². The van der Waals surface area contributed by atoms with E-state index in [4.69, 9.17) is 16.3 Å². The molecule has 0 aromatic heterocycles. The molecule has 3 aromatic rings. The van der Waals surface area contributed by atoms with Gasteiger partial charge in [-0.15, -0.1) is 11.8 Å². The van der Waals surface area contributed by atoms with E-state index in [9.17, 15) is 14.4 Å². The number of nitrogens with zero attached hydrogens (tertiary/aromatic N) is 1. The highest BCUT2D eigenvalue weighted by Gasteiger charge is 2.32. The number of methoxy groups -OCH3 is 1. The summed E-state index contributed by atoms with van der Waals surface area (Å²) in [7, 11) is 1.27. The van der Waals surface area contributed by atoms with Gasteiger partial charge in [-0.25, -0.2) is 4.79 Å². The average molecular weight is 495 g/mol. The summed E-state index contributed by atoms with van der Waals surface area (Å²) in [5, 5.41) is 2.94. The Morgan fingerprint density at radius 3 is 2.53 bits per heavy atom. The lowest BCUT2D eigenvalue weighted by molar-refractivity contribution is -0.128. The van der Waals surface area contributed by atoms with Gasteiger partial charge in [0.25, 0.3) is 5.91 Å². The van der Waals surface area contributed by atoms with Crippen LogP contribution in [0.2, 0.25) is 5.02 Å². The minimum atomic E-state index is -0.578.